The van der Waals surface area contributed by atoms with Crippen LogP contribution in [0.15, 0.2) is 42.6 Å². The monoisotopic (exact) mass is 443 g/mol. The Hall–Kier alpha value is -3.63. The number of hydrogen-bond donors (Lipinski definition) is 1. The zero-order valence-corrected chi connectivity index (χ0v) is 17.7. The van der Waals surface area contributed by atoms with Crippen LogP contribution in [0.2, 0.25) is 0 Å². The average Bonchev–Trinajstić information content (AvgIpc) is 3.43. The maximum Gasteiger partial charge on any atom is 0.273 e. The molecule has 3 aromatic rings. The molecule has 1 saturated heterocycles. The van der Waals surface area contributed by atoms with Gasteiger partial charge in [0.25, 0.3) is 17.7 Å². The van der Waals surface area contributed by atoms with Gasteiger partial charge in [0.15, 0.2) is 5.69 Å². The molecule has 0 spiro atoms. The third-order valence-electron chi connectivity index (χ3n) is 5.32. The van der Waals surface area contributed by atoms with E-state index in [2.05, 4.69) is 20.7 Å². The molecule has 32 heavy (non-hydrogen) atoms. The summed E-state index contributed by atoms with van der Waals surface area (Å²) in [5.74, 6) is -3.95. The van der Waals surface area contributed by atoms with Crippen LogP contribution in [0.25, 0.3) is 0 Å². The number of carbonyl (C=O) groups excluding carboxylic acids is 2. The minimum atomic E-state index is -3.01. The molecule has 0 saturated carbocycles. The van der Waals surface area contributed by atoms with Crippen LogP contribution in [0.1, 0.15) is 38.7 Å². The van der Waals surface area contributed by atoms with Crippen LogP contribution in [0, 0.1) is 6.92 Å². The molecule has 1 fully saturated rings. The maximum atomic E-state index is 14.2. The van der Waals surface area contributed by atoms with E-state index in [1.54, 1.807) is 20.0 Å². The van der Waals surface area contributed by atoms with E-state index in [4.69, 9.17) is 0 Å². The third-order valence-corrected chi connectivity index (χ3v) is 5.32. The lowest BCUT2D eigenvalue weighted by atomic mass is 10.2. The summed E-state index contributed by atoms with van der Waals surface area (Å²) in [6.45, 7) is 1.37. The maximum absolute atomic E-state index is 14.2. The second kappa shape index (κ2) is 8.48. The van der Waals surface area contributed by atoms with Crippen molar-refractivity contribution in [2.45, 2.75) is 38.4 Å². The Labute approximate surface area is 183 Å². The van der Waals surface area contributed by atoms with E-state index in [9.17, 15) is 18.4 Å². The Morgan fingerprint density at radius 2 is 2.00 bits per heavy atom. The van der Waals surface area contributed by atoms with Gasteiger partial charge in [-0.15, -0.1) is 5.10 Å². The first-order valence-corrected chi connectivity index (χ1v) is 10.1. The molecule has 11 heteroatoms. The second-order valence-corrected chi connectivity index (χ2v) is 7.94. The predicted molar refractivity (Wildman–Crippen MR) is 110 cm³/mol. The number of hydrogen-bond acceptors (Lipinski definition) is 5. The van der Waals surface area contributed by atoms with Crippen molar-refractivity contribution in [2.24, 2.45) is 7.05 Å². The molecule has 0 radical (unpaired) electrons. The van der Waals surface area contributed by atoms with Gasteiger partial charge in [-0.05, 0) is 18.6 Å². The molecule has 1 aromatic carbocycles. The number of halogens is 2. The number of nitrogens with one attached hydrogen (secondary N) is 1. The van der Waals surface area contributed by atoms with Crippen molar-refractivity contribution in [3.05, 3.63) is 65.2 Å². The molecular formula is C21H23F2N7O2. The highest BCUT2D eigenvalue weighted by atomic mass is 19.3. The summed E-state index contributed by atoms with van der Waals surface area (Å²) in [5.41, 5.74) is 1.87. The van der Waals surface area contributed by atoms with Crippen molar-refractivity contribution in [3.8, 4) is 0 Å². The molecule has 0 bridgehead atoms. The number of rotatable bonds is 6. The molecule has 2 aromatic heterocycles. The molecule has 4 rings (SSSR count). The molecule has 1 N–H and O–H groups in total. The molecule has 1 atom stereocenters. The van der Waals surface area contributed by atoms with Crippen molar-refractivity contribution in [1.29, 1.82) is 0 Å². The molecule has 1 aliphatic rings. The lowest BCUT2D eigenvalue weighted by Crippen LogP contribution is -2.39. The lowest BCUT2D eigenvalue weighted by Gasteiger charge is -2.23. The Morgan fingerprint density at radius 3 is 2.69 bits per heavy atom. The fraction of sp³-hybridized carbons (Fsp3) is 0.381. The molecule has 0 unspecified atom stereocenters. The van der Waals surface area contributed by atoms with Crippen molar-refractivity contribution >= 4 is 11.8 Å². The second-order valence-electron chi connectivity index (χ2n) is 7.94. The van der Waals surface area contributed by atoms with Gasteiger partial charge in [0.05, 0.1) is 31.0 Å². The van der Waals surface area contributed by atoms with Crippen molar-refractivity contribution in [2.75, 3.05) is 6.54 Å². The number of likely N-dealkylation sites (tertiary alicyclic amines) is 1. The van der Waals surface area contributed by atoms with Crippen molar-refractivity contribution in [1.82, 2.24) is 35.0 Å². The first-order chi connectivity index (χ1) is 15.2. The van der Waals surface area contributed by atoms with Gasteiger partial charge in [-0.1, -0.05) is 35.5 Å². The largest absolute Gasteiger partial charge is 0.347 e. The highest BCUT2D eigenvalue weighted by Crippen LogP contribution is 2.33. The number of aryl methyl sites for hydroxylation is 2. The van der Waals surface area contributed by atoms with Gasteiger partial charge in [0, 0.05) is 20.0 Å². The van der Waals surface area contributed by atoms with Crippen LogP contribution < -0.4 is 5.32 Å². The van der Waals surface area contributed by atoms with E-state index in [0.717, 1.165) is 10.5 Å². The Balaban J connectivity index is 1.44. The number of amides is 2. The van der Waals surface area contributed by atoms with E-state index in [-0.39, 0.29) is 17.9 Å². The number of aromatic nitrogens is 5. The van der Waals surface area contributed by atoms with Gasteiger partial charge in [-0.2, -0.15) is 5.10 Å². The van der Waals surface area contributed by atoms with E-state index < -0.39 is 36.7 Å². The quantitative estimate of drug-likeness (QED) is 0.627. The normalized spacial score (nSPS) is 17.5. The van der Waals surface area contributed by atoms with Gasteiger partial charge < -0.3 is 10.2 Å². The number of benzene rings is 1. The molecule has 1 aliphatic heterocycles. The Kier molecular flexibility index (Phi) is 5.72. The number of carbonyl (C=O) groups is 2. The molecule has 9 nitrogen and oxygen atoms in total. The van der Waals surface area contributed by atoms with Crippen LogP contribution in [-0.2, 0) is 20.1 Å². The Morgan fingerprint density at radius 1 is 1.25 bits per heavy atom. The minimum absolute atomic E-state index is 0.00285. The van der Waals surface area contributed by atoms with E-state index in [0.29, 0.717) is 12.2 Å². The van der Waals surface area contributed by atoms with Gasteiger partial charge >= 0.3 is 0 Å². The van der Waals surface area contributed by atoms with Crippen molar-refractivity contribution < 1.29 is 18.4 Å². The SMILES string of the molecule is Cc1cc(C(=O)N2CC(F)(F)C[C@H]2Cn2cc(C(=O)NCc3ccccc3)nn2)n(C)n1. The minimum Gasteiger partial charge on any atom is -0.347 e. The van der Waals surface area contributed by atoms with Gasteiger partial charge in [-0.25, -0.2) is 13.5 Å². The molecule has 2 amide bonds. The van der Waals surface area contributed by atoms with E-state index >= 15 is 0 Å². The summed E-state index contributed by atoms with van der Waals surface area (Å²) < 4.78 is 31.1. The molecule has 168 valence electrons. The zero-order chi connectivity index (χ0) is 22.9. The van der Waals surface area contributed by atoms with Crippen LogP contribution in [0.5, 0.6) is 0 Å². The highest BCUT2D eigenvalue weighted by Gasteiger charge is 2.47. The van der Waals surface area contributed by atoms with Gasteiger partial charge in [-0.3, -0.25) is 14.3 Å². The zero-order valence-electron chi connectivity index (χ0n) is 17.7. The summed E-state index contributed by atoms with van der Waals surface area (Å²) in [7, 11) is 1.60. The molecule has 3 heterocycles. The van der Waals surface area contributed by atoms with Gasteiger partial charge in [0.2, 0.25) is 0 Å². The van der Waals surface area contributed by atoms with Crippen LogP contribution in [0.4, 0.5) is 8.78 Å². The lowest BCUT2D eigenvalue weighted by molar-refractivity contribution is 0.0116. The smallest absolute Gasteiger partial charge is 0.273 e. The van der Waals surface area contributed by atoms with Crippen LogP contribution in [-0.4, -0.2) is 60.0 Å². The fourth-order valence-electron chi connectivity index (χ4n) is 3.83. The molecular weight excluding hydrogens is 420 g/mol. The van der Waals surface area contributed by atoms with Crippen molar-refractivity contribution in [3.63, 3.8) is 0 Å². The average molecular weight is 443 g/mol. The van der Waals surface area contributed by atoms with Crippen LogP contribution >= 0.6 is 0 Å². The van der Waals surface area contributed by atoms with Gasteiger partial charge in [0.1, 0.15) is 5.69 Å². The summed E-state index contributed by atoms with van der Waals surface area (Å²) in [6, 6.07) is 10.2. The third kappa shape index (κ3) is 4.66. The highest BCUT2D eigenvalue weighted by molar-refractivity contribution is 5.93. The standard InChI is InChI=1S/C21H23F2N7O2/c1-14-8-18(28(2)26-14)20(32)30-13-21(22,23)9-16(30)11-29-12-17(25-27-29)19(31)24-10-15-6-4-3-5-7-15/h3-8,12,16H,9-11,13H2,1-2H3,(H,24,31)/t16-/m0/s1. The predicted octanol–water partition coefficient (Wildman–Crippen LogP) is 1.80. The first kappa shape index (κ1) is 21.6. The summed E-state index contributed by atoms with van der Waals surface area (Å²) in [4.78, 5) is 26.4. The molecule has 0 aliphatic carbocycles. The first-order valence-electron chi connectivity index (χ1n) is 10.1. The topological polar surface area (TPSA) is 97.9 Å². The number of nitrogens with zero attached hydrogens (tertiary/aromatic N) is 6. The fourth-order valence-corrected chi connectivity index (χ4v) is 3.83. The summed E-state index contributed by atoms with van der Waals surface area (Å²) in [6.07, 6.45) is 0.901. The van der Waals surface area contributed by atoms with E-state index in [1.807, 2.05) is 30.3 Å². The summed E-state index contributed by atoms with van der Waals surface area (Å²) in [5, 5.41) is 14.6. The summed E-state index contributed by atoms with van der Waals surface area (Å²) >= 11 is 0. The van der Waals surface area contributed by atoms with Crippen LogP contribution in [0.3, 0.4) is 0 Å². The Bertz CT molecular complexity index is 1130. The number of alkyl halides is 2. The van der Waals surface area contributed by atoms with E-state index in [1.165, 1.54) is 15.6 Å².